The van der Waals surface area contributed by atoms with Crippen molar-refractivity contribution in [2.24, 2.45) is 5.10 Å². The number of aromatic nitrogens is 5. The maximum absolute atomic E-state index is 13.8. The molecule has 0 radical (unpaired) electrons. The van der Waals surface area contributed by atoms with Crippen LogP contribution in [-0.4, -0.2) is 66.9 Å². The Balaban J connectivity index is 1.95. The molecule has 34 heavy (non-hydrogen) atoms. The number of amides is 1. The normalized spacial score (nSPS) is 16.5. The van der Waals surface area contributed by atoms with Crippen LogP contribution in [-0.2, 0) is 17.5 Å². The number of halogens is 3. The van der Waals surface area contributed by atoms with Crippen LogP contribution in [0.4, 0.5) is 13.2 Å². The first-order chi connectivity index (χ1) is 16.1. The number of H-pyrrole nitrogens is 1. The Morgan fingerprint density at radius 3 is 2.76 bits per heavy atom. The Labute approximate surface area is 194 Å². The maximum atomic E-state index is 13.8. The first-order valence-corrected chi connectivity index (χ1v) is 10.8. The lowest BCUT2D eigenvalue weighted by molar-refractivity contribution is -0.141. The molecule has 0 spiro atoms. The van der Waals surface area contributed by atoms with Gasteiger partial charge < -0.3 is 9.88 Å². The third-order valence-corrected chi connectivity index (χ3v) is 5.66. The Morgan fingerprint density at radius 1 is 1.32 bits per heavy atom. The molecule has 0 fully saturated rings. The minimum Gasteiger partial charge on any atom is -0.344 e. The number of hydrogen-bond donors (Lipinski definition) is 1. The fraction of sp³-hybridized carbons (Fsp3) is 0.409. The van der Waals surface area contributed by atoms with Crippen molar-refractivity contribution in [3.05, 3.63) is 36.2 Å². The van der Waals surface area contributed by atoms with E-state index in [-0.39, 0.29) is 48.1 Å². The molecule has 4 rings (SSSR count). The quantitative estimate of drug-likeness (QED) is 0.461. The molecule has 0 saturated carbocycles. The van der Waals surface area contributed by atoms with Gasteiger partial charge in [0, 0.05) is 74.6 Å². The van der Waals surface area contributed by atoms with Crippen molar-refractivity contribution in [3.63, 3.8) is 0 Å². The Hall–Kier alpha value is -3.70. The van der Waals surface area contributed by atoms with Crippen molar-refractivity contribution < 1.29 is 18.0 Å². The van der Waals surface area contributed by atoms with Crippen LogP contribution in [0.5, 0.6) is 0 Å². The number of alkyl halides is 3. The smallest absolute Gasteiger partial charge is 0.344 e. The number of nitrogens with one attached hydrogen (secondary N) is 1. The molecule has 4 bridgehead atoms. The first-order valence-electron chi connectivity index (χ1n) is 10.8. The summed E-state index contributed by atoms with van der Waals surface area (Å²) in [6.07, 6.45) is 1.87. The molecular weight excluding hydrogens is 449 g/mol. The number of hydrogen-bond acceptors (Lipinski definition) is 6. The van der Waals surface area contributed by atoms with Crippen LogP contribution in [0.1, 0.15) is 38.1 Å². The van der Waals surface area contributed by atoms with E-state index in [2.05, 4.69) is 31.9 Å². The molecule has 3 aromatic rings. The van der Waals surface area contributed by atoms with Crippen molar-refractivity contribution in [2.75, 3.05) is 13.6 Å². The van der Waals surface area contributed by atoms with Gasteiger partial charge in [-0.05, 0) is 20.3 Å². The van der Waals surface area contributed by atoms with Crippen molar-refractivity contribution in [3.8, 4) is 11.1 Å². The molecular formula is C22H25F3N8O. The zero-order valence-electron chi connectivity index (χ0n) is 19.1. The largest absolute Gasteiger partial charge is 0.435 e. The Morgan fingerprint density at radius 2 is 2.09 bits per heavy atom. The predicted molar refractivity (Wildman–Crippen MR) is 121 cm³/mol. The van der Waals surface area contributed by atoms with Crippen LogP contribution >= 0.6 is 0 Å². The van der Waals surface area contributed by atoms with E-state index in [0.717, 1.165) is 0 Å². The van der Waals surface area contributed by atoms with Crippen molar-refractivity contribution in [1.29, 1.82) is 0 Å². The number of carbonyl (C=O) groups excluding carboxylic acids is 1. The van der Waals surface area contributed by atoms with E-state index in [9.17, 15) is 18.0 Å². The van der Waals surface area contributed by atoms with Gasteiger partial charge in [0.2, 0.25) is 5.91 Å². The molecule has 0 unspecified atom stereocenters. The summed E-state index contributed by atoms with van der Waals surface area (Å²) < 4.78 is 42.7. The zero-order chi connectivity index (χ0) is 24.6. The van der Waals surface area contributed by atoms with E-state index >= 15 is 0 Å². The molecule has 9 nitrogen and oxygen atoms in total. The van der Waals surface area contributed by atoms with E-state index in [1.807, 2.05) is 13.8 Å². The molecule has 1 aliphatic rings. The van der Waals surface area contributed by atoms with Gasteiger partial charge in [0.05, 0.1) is 11.9 Å². The van der Waals surface area contributed by atoms with Crippen LogP contribution < -0.4 is 0 Å². The summed E-state index contributed by atoms with van der Waals surface area (Å²) in [5.41, 5.74) is 0.832. The number of aryl methyl sites for hydroxylation is 1. The maximum Gasteiger partial charge on any atom is 0.435 e. The summed E-state index contributed by atoms with van der Waals surface area (Å²) in [4.78, 5) is 26.7. The van der Waals surface area contributed by atoms with Crippen LogP contribution in [0.15, 0.2) is 29.9 Å². The zero-order valence-corrected chi connectivity index (χ0v) is 19.1. The van der Waals surface area contributed by atoms with E-state index in [1.165, 1.54) is 28.3 Å². The first kappa shape index (κ1) is 23.5. The lowest BCUT2D eigenvalue weighted by atomic mass is 10.1. The average molecular weight is 474 g/mol. The van der Waals surface area contributed by atoms with E-state index in [4.69, 9.17) is 0 Å². The highest BCUT2D eigenvalue weighted by Gasteiger charge is 2.38. The number of hydrazone groups is 1. The fourth-order valence-corrected chi connectivity index (χ4v) is 3.93. The van der Waals surface area contributed by atoms with Gasteiger partial charge in [-0.1, -0.05) is 0 Å². The number of fused-ring (bicyclic) bond motifs is 4. The fourth-order valence-electron chi connectivity index (χ4n) is 3.93. The molecule has 4 heterocycles. The van der Waals surface area contributed by atoms with Gasteiger partial charge in [-0.3, -0.25) is 14.5 Å². The second kappa shape index (κ2) is 8.92. The summed E-state index contributed by atoms with van der Waals surface area (Å²) in [5, 5.41) is 9.13. The highest BCUT2D eigenvalue weighted by atomic mass is 19.4. The number of nitrogens with zero attached hydrogens (tertiary/aromatic N) is 7. The molecule has 0 atom stereocenters. The van der Waals surface area contributed by atoms with Crippen LogP contribution in [0.2, 0.25) is 0 Å². The summed E-state index contributed by atoms with van der Waals surface area (Å²) in [6.45, 7) is 7.72. The second-order valence-corrected chi connectivity index (χ2v) is 8.40. The number of rotatable bonds is 3. The molecule has 12 heteroatoms. The molecule has 0 aromatic carbocycles. The van der Waals surface area contributed by atoms with Gasteiger partial charge in [0.1, 0.15) is 5.52 Å². The topological polar surface area (TPSA) is 95.3 Å². The highest BCUT2D eigenvalue weighted by molar-refractivity contribution is 5.92. The summed E-state index contributed by atoms with van der Waals surface area (Å²) in [5.74, 6) is -0.119. The predicted octanol–water partition coefficient (Wildman–Crippen LogP) is 3.76. The molecule has 1 amide bonds. The van der Waals surface area contributed by atoms with Crippen molar-refractivity contribution in [1.82, 2.24) is 34.6 Å². The minimum atomic E-state index is -4.66. The monoisotopic (exact) mass is 474 g/mol. The third-order valence-electron chi connectivity index (χ3n) is 5.66. The summed E-state index contributed by atoms with van der Waals surface area (Å²) in [7, 11) is 1.69. The van der Waals surface area contributed by atoms with Crippen LogP contribution in [0, 0.1) is 0 Å². The molecule has 0 aliphatic carbocycles. The number of carbonyl (C=O) groups is 1. The van der Waals surface area contributed by atoms with Gasteiger partial charge in [0.15, 0.2) is 11.3 Å². The van der Waals surface area contributed by atoms with Crippen LogP contribution in [0.25, 0.3) is 27.9 Å². The molecule has 1 aliphatic heterocycles. The van der Waals surface area contributed by atoms with Gasteiger partial charge >= 0.3 is 6.18 Å². The van der Waals surface area contributed by atoms with Crippen molar-refractivity contribution >= 4 is 29.4 Å². The SMILES string of the molecule is C=NN(C)/C=C1\CN(C(C)C)C(=O)CCCn2cc(c(C(F)(F)F)n2)-c2c[nH]c3ncc1nc23. The lowest BCUT2D eigenvalue weighted by Gasteiger charge is -2.28. The van der Waals surface area contributed by atoms with Gasteiger partial charge in [-0.15, -0.1) is 0 Å². The minimum absolute atomic E-state index is 0.0900. The third kappa shape index (κ3) is 4.52. The Bertz CT molecular complexity index is 1260. The van der Waals surface area contributed by atoms with E-state index in [1.54, 1.807) is 18.1 Å². The molecule has 180 valence electrons. The summed E-state index contributed by atoms with van der Waals surface area (Å²) >= 11 is 0. The lowest BCUT2D eigenvalue weighted by Crippen LogP contribution is -2.38. The van der Waals surface area contributed by atoms with Crippen molar-refractivity contribution in [2.45, 2.75) is 45.5 Å². The molecule has 1 N–H and O–H groups in total. The van der Waals surface area contributed by atoms with E-state index in [0.29, 0.717) is 23.3 Å². The number of aromatic amines is 1. The standard InChI is InChI=1S/C22H25F3N8O/c1-13(2)33-11-14(10-31(4)26-3)17-9-28-21-19(29-17)15(8-27-21)16-12-32(7-5-6-18(33)34)30-20(16)22(23,24)25/h8-10,12-13H,3,5-7,11H2,1-2,4H3,(H,27,28)/b14-10+. The molecule has 0 saturated heterocycles. The van der Waals surface area contributed by atoms with Gasteiger partial charge in [-0.2, -0.15) is 23.4 Å². The van der Waals surface area contributed by atoms with Crippen LogP contribution in [0.3, 0.4) is 0 Å². The van der Waals surface area contributed by atoms with Gasteiger partial charge in [-0.25, -0.2) is 9.97 Å². The average Bonchev–Trinajstić information content (AvgIpc) is 3.38. The highest BCUT2D eigenvalue weighted by Crippen LogP contribution is 2.38. The molecule has 3 aromatic heterocycles. The second-order valence-electron chi connectivity index (χ2n) is 8.40. The summed E-state index contributed by atoms with van der Waals surface area (Å²) in [6, 6.07) is -0.113. The van der Waals surface area contributed by atoms with Gasteiger partial charge in [0.25, 0.3) is 0 Å². The Kier molecular flexibility index (Phi) is 6.15. The van der Waals surface area contributed by atoms with E-state index < -0.39 is 11.9 Å².